The summed E-state index contributed by atoms with van der Waals surface area (Å²) < 4.78 is 0. The molecule has 0 saturated heterocycles. The fourth-order valence-corrected chi connectivity index (χ4v) is 6.88. The average molecular weight is 443 g/mol. The van der Waals surface area contributed by atoms with Gasteiger partial charge in [0.25, 0.3) is 0 Å². The monoisotopic (exact) mass is 442 g/mol. The SMILES string of the molecule is CSc1ccc(CP(Cc2ccc(SC)cc2)Cc2ccc(SC)cc2)cc1. The highest BCUT2D eigenvalue weighted by Gasteiger charge is 2.12. The fraction of sp³-hybridized carbons (Fsp3) is 0.250. The second kappa shape index (κ2) is 11.4. The van der Waals surface area contributed by atoms with E-state index < -0.39 is 0 Å². The summed E-state index contributed by atoms with van der Waals surface area (Å²) in [5.74, 6) is 0. The molecule has 0 nitrogen and oxygen atoms in total. The molecule has 0 radical (unpaired) electrons. The summed E-state index contributed by atoms with van der Waals surface area (Å²) in [5, 5.41) is 0. The van der Waals surface area contributed by atoms with Gasteiger partial charge in [-0.1, -0.05) is 44.3 Å². The molecule has 3 aromatic carbocycles. The average Bonchev–Trinajstić information content (AvgIpc) is 2.75. The molecule has 0 heterocycles. The molecule has 0 unspecified atom stereocenters. The summed E-state index contributed by atoms with van der Waals surface area (Å²) in [6, 6.07) is 27.4. The molecule has 28 heavy (non-hydrogen) atoms. The second-order valence-corrected chi connectivity index (χ2v) is 11.6. The van der Waals surface area contributed by atoms with E-state index in [1.54, 1.807) is 0 Å². The first-order valence-corrected chi connectivity index (χ1v) is 14.9. The third-order valence-electron chi connectivity index (χ3n) is 4.70. The number of thioether (sulfide) groups is 3. The maximum Gasteiger partial charge on any atom is 0.00693 e. The van der Waals surface area contributed by atoms with Crippen LogP contribution in [0.4, 0.5) is 0 Å². The highest BCUT2D eigenvalue weighted by molar-refractivity contribution is 7.99. The van der Waals surface area contributed by atoms with Crippen LogP contribution >= 0.6 is 43.2 Å². The van der Waals surface area contributed by atoms with Crippen molar-refractivity contribution >= 4 is 43.2 Å². The van der Waals surface area contributed by atoms with E-state index in [2.05, 4.69) is 91.6 Å². The van der Waals surface area contributed by atoms with Gasteiger partial charge in [0.2, 0.25) is 0 Å². The fourth-order valence-electron chi connectivity index (χ4n) is 3.14. The van der Waals surface area contributed by atoms with Crippen LogP contribution in [0.15, 0.2) is 87.5 Å². The van der Waals surface area contributed by atoms with Gasteiger partial charge in [0.05, 0.1) is 0 Å². The van der Waals surface area contributed by atoms with Crippen LogP contribution in [-0.4, -0.2) is 18.8 Å². The summed E-state index contributed by atoms with van der Waals surface area (Å²) in [6.07, 6.45) is 9.95. The van der Waals surface area contributed by atoms with Crippen LogP contribution in [-0.2, 0) is 18.5 Å². The molecule has 0 fully saturated rings. The molecule has 0 aliphatic rings. The Morgan fingerprint density at radius 3 is 0.929 bits per heavy atom. The van der Waals surface area contributed by atoms with Gasteiger partial charge < -0.3 is 0 Å². The second-order valence-electron chi connectivity index (χ2n) is 6.69. The third-order valence-corrected chi connectivity index (χ3v) is 9.36. The summed E-state index contributed by atoms with van der Waals surface area (Å²) >= 11 is 5.43. The quantitative estimate of drug-likeness (QED) is 0.242. The summed E-state index contributed by atoms with van der Waals surface area (Å²) in [6.45, 7) is 0. The first kappa shape index (κ1) is 21.8. The van der Waals surface area contributed by atoms with E-state index in [4.69, 9.17) is 0 Å². The molecule has 0 atom stereocenters. The Kier molecular flexibility index (Phi) is 8.86. The van der Waals surface area contributed by atoms with Crippen LogP contribution in [0.25, 0.3) is 0 Å². The van der Waals surface area contributed by atoms with Gasteiger partial charge >= 0.3 is 0 Å². The molecule has 0 amide bonds. The molecule has 0 spiro atoms. The van der Waals surface area contributed by atoms with Crippen molar-refractivity contribution < 1.29 is 0 Å². The van der Waals surface area contributed by atoms with Crippen LogP contribution < -0.4 is 0 Å². The maximum absolute atomic E-state index is 2.31. The van der Waals surface area contributed by atoms with Crippen LogP contribution in [0.3, 0.4) is 0 Å². The largest absolute Gasteiger partial charge is 0.130 e. The molecular formula is C24H27PS3. The smallest absolute Gasteiger partial charge is 0.00693 e. The van der Waals surface area contributed by atoms with Gasteiger partial charge in [-0.15, -0.1) is 35.3 Å². The lowest BCUT2D eigenvalue weighted by Gasteiger charge is -2.19. The van der Waals surface area contributed by atoms with Gasteiger partial charge in [-0.3, -0.25) is 0 Å². The van der Waals surface area contributed by atoms with Gasteiger partial charge in [0.1, 0.15) is 0 Å². The zero-order valence-electron chi connectivity index (χ0n) is 16.7. The van der Waals surface area contributed by atoms with Crippen molar-refractivity contribution in [1.29, 1.82) is 0 Å². The predicted molar refractivity (Wildman–Crippen MR) is 133 cm³/mol. The highest BCUT2D eigenvalue weighted by Crippen LogP contribution is 2.47. The van der Waals surface area contributed by atoms with Crippen molar-refractivity contribution in [3.05, 3.63) is 89.5 Å². The standard InChI is InChI=1S/C24H27PS3/c1-26-22-10-4-19(5-11-22)16-25(17-20-6-12-23(27-2)13-7-20)18-21-8-14-24(28-3)15-9-21/h4-15H,16-18H2,1-3H3. The molecule has 3 rings (SSSR count). The Morgan fingerprint density at radius 1 is 0.464 bits per heavy atom. The molecule has 146 valence electrons. The summed E-state index contributed by atoms with van der Waals surface area (Å²) in [5.41, 5.74) is 4.39. The Bertz CT molecular complexity index is 725. The number of hydrogen-bond donors (Lipinski definition) is 0. The van der Waals surface area contributed by atoms with Crippen molar-refractivity contribution in [3.63, 3.8) is 0 Å². The lowest BCUT2D eigenvalue weighted by Crippen LogP contribution is -1.94. The van der Waals surface area contributed by atoms with Crippen LogP contribution in [0.2, 0.25) is 0 Å². The molecule has 0 bridgehead atoms. The molecule has 0 N–H and O–H groups in total. The van der Waals surface area contributed by atoms with Gasteiger partial charge in [0, 0.05) is 14.7 Å². The minimum absolute atomic E-state index is 0.152. The molecule has 0 saturated carbocycles. The third kappa shape index (κ3) is 6.59. The van der Waals surface area contributed by atoms with Crippen LogP contribution in [0, 0.1) is 0 Å². The van der Waals surface area contributed by atoms with E-state index in [0.717, 1.165) is 0 Å². The number of rotatable bonds is 9. The highest BCUT2D eigenvalue weighted by atomic mass is 32.2. The minimum atomic E-state index is -0.152. The van der Waals surface area contributed by atoms with Crippen LogP contribution in [0.5, 0.6) is 0 Å². The van der Waals surface area contributed by atoms with Gasteiger partial charge in [-0.25, -0.2) is 0 Å². The Labute approximate surface area is 184 Å². The molecule has 0 aliphatic carbocycles. The van der Waals surface area contributed by atoms with Crippen molar-refractivity contribution in [3.8, 4) is 0 Å². The first-order chi connectivity index (χ1) is 13.7. The van der Waals surface area contributed by atoms with Crippen molar-refractivity contribution in [2.24, 2.45) is 0 Å². The zero-order valence-corrected chi connectivity index (χ0v) is 20.1. The van der Waals surface area contributed by atoms with Gasteiger partial charge in [0.15, 0.2) is 0 Å². The van der Waals surface area contributed by atoms with Crippen LogP contribution in [0.1, 0.15) is 16.7 Å². The lowest BCUT2D eigenvalue weighted by molar-refractivity contribution is 1.24. The van der Waals surface area contributed by atoms with Crippen molar-refractivity contribution in [1.82, 2.24) is 0 Å². The molecule has 3 aromatic rings. The van der Waals surface area contributed by atoms with E-state index in [1.165, 1.54) is 49.9 Å². The van der Waals surface area contributed by atoms with E-state index >= 15 is 0 Å². The van der Waals surface area contributed by atoms with Crippen molar-refractivity contribution in [2.45, 2.75) is 33.2 Å². The Balaban J connectivity index is 1.76. The molecule has 0 aromatic heterocycles. The van der Waals surface area contributed by atoms with E-state index in [-0.39, 0.29) is 7.92 Å². The number of benzene rings is 3. The first-order valence-electron chi connectivity index (χ1n) is 9.31. The topological polar surface area (TPSA) is 0 Å². The van der Waals surface area contributed by atoms with Crippen molar-refractivity contribution in [2.75, 3.05) is 18.8 Å². The van der Waals surface area contributed by atoms with Gasteiger partial charge in [-0.05, 0) is 90.3 Å². The lowest BCUT2D eigenvalue weighted by atomic mass is 10.2. The minimum Gasteiger partial charge on any atom is -0.130 e. The number of hydrogen-bond acceptors (Lipinski definition) is 3. The van der Waals surface area contributed by atoms with E-state index in [9.17, 15) is 0 Å². The summed E-state index contributed by atoms with van der Waals surface area (Å²) in [7, 11) is -0.152. The predicted octanol–water partition coefficient (Wildman–Crippen LogP) is 8.23. The molecular weight excluding hydrogens is 415 g/mol. The zero-order chi connectivity index (χ0) is 19.8. The summed E-state index contributed by atoms with van der Waals surface area (Å²) in [4.78, 5) is 4.02. The van der Waals surface area contributed by atoms with E-state index in [0.29, 0.717) is 0 Å². The molecule has 4 heteroatoms. The molecule has 0 aliphatic heterocycles. The normalized spacial score (nSPS) is 11.1. The Hall–Kier alpha value is -0.860. The maximum atomic E-state index is 2.31. The Morgan fingerprint density at radius 2 is 0.714 bits per heavy atom. The van der Waals surface area contributed by atoms with E-state index in [1.807, 2.05) is 35.3 Å². The van der Waals surface area contributed by atoms with Gasteiger partial charge in [-0.2, -0.15) is 0 Å².